The Labute approximate surface area is 99.1 Å². The number of hydrogen-bond acceptors (Lipinski definition) is 3. The number of rotatable bonds is 1. The van der Waals surface area contributed by atoms with Crippen LogP contribution in [0.15, 0.2) is 24.5 Å². The van der Waals surface area contributed by atoms with Crippen molar-refractivity contribution in [2.75, 3.05) is 34.7 Å². The van der Waals surface area contributed by atoms with Crippen molar-refractivity contribution in [1.29, 1.82) is 0 Å². The van der Waals surface area contributed by atoms with Crippen LogP contribution in [0.5, 0.6) is 0 Å². The summed E-state index contributed by atoms with van der Waals surface area (Å²) in [5.41, 5.74) is 1.36. The molecule has 0 aromatic carbocycles. The molecule has 3 heteroatoms. The molecule has 1 aliphatic heterocycles. The van der Waals surface area contributed by atoms with Crippen molar-refractivity contribution in [2.24, 2.45) is 0 Å². The minimum absolute atomic E-state index is 0.610. The summed E-state index contributed by atoms with van der Waals surface area (Å²) in [5, 5.41) is 0. The van der Waals surface area contributed by atoms with Gasteiger partial charge in [0.25, 0.3) is 0 Å². The lowest BCUT2D eigenvalue weighted by Gasteiger charge is -2.18. The molecule has 16 heavy (non-hydrogen) atoms. The van der Waals surface area contributed by atoms with Gasteiger partial charge in [-0.1, -0.05) is 6.07 Å². The standard InChI is InChI=1S/C10H14N2.C3H9N/c1-12-7-3-5-10(12)9-4-2-6-11-8-9;1-4(2)3/h2,4,6,8,10H,3,5,7H2,1H3;1-3H3/t10-;/m0./s1. The van der Waals surface area contributed by atoms with Gasteiger partial charge >= 0.3 is 0 Å². The molecular formula is C13H23N3. The SMILES string of the molecule is CN(C)C.CN1CCC[C@H]1c1cccnc1. The first-order valence-electron chi connectivity index (χ1n) is 5.82. The highest BCUT2D eigenvalue weighted by atomic mass is 15.1. The highest BCUT2D eigenvalue weighted by Crippen LogP contribution is 2.29. The van der Waals surface area contributed by atoms with E-state index in [2.05, 4.69) is 23.0 Å². The zero-order valence-electron chi connectivity index (χ0n) is 10.8. The Hall–Kier alpha value is -0.930. The van der Waals surface area contributed by atoms with Gasteiger partial charge in [0.2, 0.25) is 0 Å². The second-order valence-electron chi connectivity index (χ2n) is 4.77. The van der Waals surface area contributed by atoms with Crippen molar-refractivity contribution in [3.05, 3.63) is 30.1 Å². The topological polar surface area (TPSA) is 19.4 Å². The highest BCUT2D eigenvalue weighted by Gasteiger charge is 2.21. The van der Waals surface area contributed by atoms with Gasteiger partial charge in [0, 0.05) is 18.4 Å². The normalized spacial score (nSPS) is 20.7. The summed E-state index contributed by atoms with van der Waals surface area (Å²) in [7, 11) is 8.19. The molecule has 3 nitrogen and oxygen atoms in total. The van der Waals surface area contributed by atoms with E-state index >= 15 is 0 Å². The molecule has 1 aromatic heterocycles. The summed E-state index contributed by atoms with van der Waals surface area (Å²) < 4.78 is 0. The van der Waals surface area contributed by atoms with E-state index in [1.54, 1.807) is 0 Å². The average Bonchev–Trinajstić information content (AvgIpc) is 2.65. The third kappa shape index (κ3) is 4.29. The number of aromatic nitrogens is 1. The fourth-order valence-corrected chi connectivity index (χ4v) is 1.90. The van der Waals surface area contributed by atoms with Gasteiger partial charge in [-0.15, -0.1) is 0 Å². The van der Waals surface area contributed by atoms with Gasteiger partial charge in [0.05, 0.1) is 0 Å². The predicted molar refractivity (Wildman–Crippen MR) is 68.5 cm³/mol. The number of nitrogens with zero attached hydrogens (tertiary/aromatic N) is 3. The van der Waals surface area contributed by atoms with Crippen molar-refractivity contribution in [3.63, 3.8) is 0 Å². The minimum Gasteiger partial charge on any atom is -0.312 e. The van der Waals surface area contributed by atoms with Crippen LogP contribution < -0.4 is 0 Å². The Balaban J connectivity index is 0.000000280. The first-order valence-corrected chi connectivity index (χ1v) is 5.82. The zero-order valence-corrected chi connectivity index (χ0v) is 10.8. The molecule has 0 saturated carbocycles. The van der Waals surface area contributed by atoms with Crippen molar-refractivity contribution in [1.82, 2.24) is 14.8 Å². The van der Waals surface area contributed by atoms with Gasteiger partial charge in [-0.2, -0.15) is 0 Å². The van der Waals surface area contributed by atoms with Crippen LogP contribution >= 0.6 is 0 Å². The first-order chi connectivity index (χ1) is 7.61. The highest BCUT2D eigenvalue weighted by molar-refractivity contribution is 5.14. The summed E-state index contributed by atoms with van der Waals surface area (Å²) in [6, 6.07) is 4.79. The van der Waals surface area contributed by atoms with E-state index < -0.39 is 0 Å². The van der Waals surface area contributed by atoms with Gasteiger partial charge in [-0.05, 0) is 59.2 Å². The van der Waals surface area contributed by atoms with Crippen molar-refractivity contribution in [2.45, 2.75) is 18.9 Å². The van der Waals surface area contributed by atoms with E-state index in [9.17, 15) is 0 Å². The molecule has 90 valence electrons. The maximum Gasteiger partial charge on any atom is 0.0360 e. The Morgan fingerprint density at radius 1 is 1.38 bits per heavy atom. The second kappa shape index (κ2) is 6.61. The monoisotopic (exact) mass is 221 g/mol. The lowest BCUT2D eigenvalue weighted by Crippen LogP contribution is -2.17. The summed E-state index contributed by atoms with van der Waals surface area (Å²) >= 11 is 0. The molecule has 0 unspecified atom stereocenters. The maximum absolute atomic E-state index is 4.14. The molecule has 0 N–H and O–H groups in total. The lowest BCUT2D eigenvalue weighted by atomic mass is 10.1. The fraction of sp³-hybridized carbons (Fsp3) is 0.615. The van der Waals surface area contributed by atoms with E-state index in [1.165, 1.54) is 24.9 Å². The van der Waals surface area contributed by atoms with Crippen LogP contribution in [-0.4, -0.2) is 49.5 Å². The van der Waals surface area contributed by atoms with Crippen LogP contribution in [0.2, 0.25) is 0 Å². The van der Waals surface area contributed by atoms with Crippen LogP contribution in [0, 0.1) is 0 Å². The van der Waals surface area contributed by atoms with Crippen LogP contribution in [0.4, 0.5) is 0 Å². The molecule has 0 aliphatic carbocycles. The predicted octanol–water partition coefficient (Wildman–Crippen LogP) is 2.03. The van der Waals surface area contributed by atoms with Gasteiger partial charge in [-0.3, -0.25) is 9.88 Å². The quantitative estimate of drug-likeness (QED) is 0.723. The van der Waals surface area contributed by atoms with Crippen molar-refractivity contribution in [3.8, 4) is 0 Å². The van der Waals surface area contributed by atoms with Crippen LogP contribution in [-0.2, 0) is 0 Å². The van der Waals surface area contributed by atoms with Crippen LogP contribution in [0.1, 0.15) is 24.4 Å². The number of likely N-dealkylation sites (tertiary alicyclic amines) is 1. The summed E-state index contributed by atoms with van der Waals surface area (Å²) in [4.78, 5) is 8.54. The van der Waals surface area contributed by atoms with Gasteiger partial charge in [0.15, 0.2) is 0 Å². The average molecular weight is 221 g/mol. The van der Waals surface area contributed by atoms with Crippen LogP contribution in [0.25, 0.3) is 0 Å². The molecule has 2 heterocycles. The molecule has 1 aliphatic rings. The lowest BCUT2D eigenvalue weighted by molar-refractivity contribution is 0.317. The second-order valence-corrected chi connectivity index (χ2v) is 4.77. The molecule has 1 aromatic rings. The number of pyridine rings is 1. The van der Waals surface area contributed by atoms with Crippen LogP contribution in [0.3, 0.4) is 0 Å². The fourth-order valence-electron chi connectivity index (χ4n) is 1.90. The zero-order chi connectivity index (χ0) is 12.0. The Bertz CT molecular complexity index is 282. The minimum atomic E-state index is 0.610. The molecule has 1 saturated heterocycles. The van der Waals surface area contributed by atoms with Gasteiger partial charge in [0.1, 0.15) is 0 Å². The Kier molecular flexibility index (Phi) is 5.43. The Morgan fingerprint density at radius 2 is 2.06 bits per heavy atom. The first kappa shape index (κ1) is 13.1. The molecule has 0 bridgehead atoms. The molecule has 0 radical (unpaired) electrons. The van der Waals surface area contributed by atoms with E-state index in [0.29, 0.717) is 6.04 Å². The molecule has 1 atom stereocenters. The van der Waals surface area contributed by atoms with Gasteiger partial charge < -0.3 is 4.90 Å². The smallest absolute Gasteiger partial charge is 0.0360 e. The molecular weight excluding hydrogens is 198 g/mol. The van der Waals surface area contributed by atoms with Crippen molar-refractivity contribution >= 4 is 0 Å². The van der Waals surface area contributed by atoms with Gasteiger partial charge in [-0.25, -0.2) is 0 Å². The van der Waals surface area contributed by atoms with E-state index in [4.69, 9.17) is 0 Å². The summed E-state index contributed by atoms with van der Waals surface area (Å²) in [6.07, 6.45) is 6.41. The maximum atomic E-state index is 4.14. The largest absolute Gasteiger partial charge is 0.312 e. The van der Waals surface area contributed by atoms with E-state index in [1.807, 2.05) is 44.5 Å². The molecule has 1 fully saturated rings. The van der Waals surface area contributed by atoms with E-state index in [-0.39, 0.29) is 0 Å². The third-order valence-corrected chi connectivity index (χ3v) is 2.59. The number of hydrogen-bond donors (Lipinski definition) is 0. The molecule has 2 rings (SSSR count). The summed E-state index contributed by atoms with van der Waals surface area (Å²) in [6.45, 7) is 1.22. The Morgan fingerprint density at radius 3 is 2.50 bits per heavy atom. The summed E-state index contributed by atoms with van der Waals surface area (Å²) in [5.74, 6) is 0. The van der Waals surface area contributed by atoms with E-state index in [0.717, 1.165) is 0 Å². The third-order valence-electron chi connectivity index (χ3n) is 2.59. The van der Waals surface area contributed by atoms with Crippen molar-refractivity contribution < 1.29 is 0 Å². The molecule has 0 spiro atoms. The molecule has 0 amide bonds.